The summed E-state index contributed by atoms with van der Waals surface area (Å²) in [6.45, 7) is 3.86. The molecule has 1 aromatic rings. The molecule has 2 amide bonds. The van der Waals surface area contributed by atoms with Gasteiger partial charge in [-0.3, -0.25) is 14.5 Å². The number of carbonyl (C=O) groups excluding carboxylic acids is 2. The number of imide groups is 1. The molecular formula is C14H17ClN2O4S. The highest BCUT2D eigenvalue weighted by Crippen LogP contribution is 2.27. The van der Waals surface area contributed by atoms with E-state index in [1.165, 1.54) is 19.2 Å². The molecule has 0 spiro atoms. The minimum atomic E-state index is -3.99. The summed E-state index contributed by atoms with van der Waals surface area (Å²) in [5.74, 6) is -0.850. The van der Waals surface area contributed by atoms with Crippen LogP contribution >= 0.6 is 11.6 Å². The number of amides is 2. The molecule has 1 atom stereocenters. The molecule has 1 aliphatic heterocycles. The minimum Gasteiger partial charge on any atom is -0.284 e. The van der Waals surface area contributed by atoms with Crippen molar-refractivity contribution in [2.45, 2.75) is 37.1 Å². The van der Waals surface area contributed by atoms with Crippen molar-refractivity contribution in [3.8, 4) is 0 Å². The second-order valence-electron chi connectivity index (χ2n) is 5.51. The first-order valence-corrected chi connectivity index (χ1v) is 8.61. The first-order valence-electron chi connectivity index (χ1n) is 6.75. The molecule has 1 aromatic carbocycles. The monoisotopic (exact) mass is 344 g/mol. The van der Waals surface area contributed by atoms with Gasteiger partial charge in [-0.1, -0.05) is 31.5 Å². The number of halogens is 1. The molecule has 1 heterocycles. The molecule has 0 aromatic heterocycles. The SMILES string of the molecule is CC(C)c1ccc(Cl)c(S(=O)(=O)NC2CC(=O)N(C)C2=O)c1. The number of benzene rings is 1. The van der Waals surface area contributed by atoms with Crippen LogP contribution in [-0.2, 0) is 19.6 Å². The second-order valence-corrected chi connectivity index (χ2v) is 7.60. The maximum absolute atomic E-state index is 12.5. The summed E-state index contributed by atoms with van der Waals surface area (Å²) in [4.78, 5) is 24.1. The van der Waals surface area contributed by atoms with Gasteiger partial charge in [0.05, 0.1) is 11.4 Å². The van der Waals surface area contributed by atoms with Crippen molar-refractivity contribution in [3.05, 3.63) is 28.8 Å². The van der Waals surface area contributed by atoms with Gasteiger partial charge in [0.1, 0.15) is 10.9 Å². The average Bonchev–Trinajstić information content (AvgIpc) is 2.65. The van der Waals surface area contributed by atoms with E-state index in [1.807, 2.05) is 13.8 Å². The minimum absolute atomic E-state index is 0.0713. The molecule has 0 aliphatic carbocycles. The Labute approximate surface area is 134 Å². The summed E-state index contributed by atoms with van der Waals surface area (Å²) < 4.78 is 27.2. The Morgan fingerprint density at radius 3 is 2.45 bits per heavy atom. The van der Waals surface area contributed by atoms with Gasteiger partial charge in [0.2, 0.25) is 21.8 Å². The van der Waals surface area contributed by atoms with Crippen LogP contribution in [0.4, 0.5) is 0 Å². The number of likely N-dealkylation sites (tertiary alicyclic amines) is 1. The van der Waals surface area contributed by atoms with Crippen LogP contribution in [0.1, 0.15) is 31.7 Å². The number of rotatable bonds is 4. The van der Waals surface area contributed by atoms with E-state index in [0.717, 1.165) is 10.5 Å². The predicted molar refractivity (Wildman–Crippen MR) is 82.0 cm³/mol. The van der Waals surface area contributed by atoms with Crippen molar-refractivity contribution in [1.82, 2.24) is 9.62 Å². The molecule has 6 nitrogen and oxygen atoms in total. The van der Waals surface area contributed by atoms with Crippen LogP contribution in [0.25, 0.3) is 0 Å². The van der Waals surface area contributed by atoms with Gasteiger partial charge >= 0.3 is 0 Å². The van der Waals surface area contributed by atoms with E-state index in [-0.39, 0.29) is 22.3 Å². The van der Waals surface area contributed by atoms with E-state index in [2.05, 4.69) is 4.72 Å². The zero-order valence-electron chi connectivity index (χ0n) is 12.5. The third kappa shape index (κ3) is 3.16. The summed E-state index contributed by atoms with van der Waals surface area (Å²) in [5.41, 5.74) is 0.815. The molecular weight excluding hydrogens is 328 g/mol. The number of carbonyl (C=O) groups is 2. The topological polar surface area (TPSA) is 83.6 Å². The fourth-order valence-electron chi connectivity index (χ4n) is 2.18. The third-order valence-corrected chi connectivity index (χ3v) is 5.54. The fraction of sp³-hybridized carbons (Fsp3) is 0.429. The molecule has 1 aliphatic rings. The molecule has 0 bridgehead atoms. The highest BCUT2D eigenvalue weighted by Gasteiger charge is 2.39. The number of nitrogens with zero attached hydrogens (tertiary/aromatic N) is 1. The van der Waals surface area contributed by atoms with Crippen molar-refractivity contribution in [1.29, 1.82) is 0 Å². The standard InChI is InChI=1S/C14H17ClN2O4S/c1-8(2)9-4-5-10(15)12(6-9)22(20,21)16-11-7-13(18)17(3)14(11)19/h4-6,8,11,16H,7H2,1-3H3. The van der Waals surface area contributed by atoms with Gasteiger partial charge in [0.25, 0.3) is 0 Å². The Kier molecular flexibility index (Phi) is 4.60. The van der Waals surface area contributed by atoms with Crippen LogP contribution in [0.2, 0.25) is 5.02 Å². The van der Waals surface area contributed by atoms with Crippen LogP contribution in [0.5, 0.6) is 0 Å². The van der Waals surface area contributed by atoms with Gasteiger partial charge in [-0.15, -0.1) is 0 Å². The summed E-state index contributed by atoms with van der Waals surface area (Å²) in [5, 5.41) is 0.0713. The van der Waals surface area contributed by atoms with E-state index in [0.29, 0.717) is 0 Å². The predicted octanol–water partition coefficient (Wildman–Crippen LogP) is 1.50. The van der Waals surface area contributed by atoms with E-state index < -0.39 is 27.9 Å². The Hall–Kier alpha value is -1.44. The summed E-state index contributed by atoms with van der Waals surface area (Å²) in [6.07, 6.45) is -0.184. The van der Waals surface area contributed by atoms with Gasteiger partial charge in [-0.2, -0.15) is 4.72 Å². The Morgan fingerprint density at radius 1 is 1.32 bits per heavy atom. The molecule has 2 rings (SSSR count). The van der Waals surface area contributed by atoms with E-state index in [9.17, 15) is 18.0 Å². The molecule has 0 saturated carbocycles. The average molecular weight is 345 g/mol. The number of nitrogens with one attached hydrogen (secondary N) is 1. The van der Waals surface area contributed by atoms with Crippen molar-refractivity contribution < 1.29 is 18.0 Å². The first kappa shape index (κ1) is 16.9. The molecule has 1 N–H and O–H groups in total. The van der Waals surface area contributed by atoms with Crippen LogP contribution in [0, 0.1) is 0 Å². The Balaban J connectivity index is 2.34. The van der Waals surface area contributed by atoms with E-state index in [4.69, 9.17) is 11.6 Å². The lowest BCUT2D eigenvalue weighted by molar-refractivity contribution is -0.137. The lowest BCUT2D eigenvalue weighted by Gasteiger charge is -2.14. The van der Waals surface area contributed by atoms with Crippen LogP contribution in [0.3, 0.4) is 0 Å². The Bertz CT molecular complexity index is 730. The fourth-order valence-corrected chi connectivity index (χ4v) is 3.91. The van der Waals surface area contributed by atoms with Crippen LogP contribution in [0.15, 0.2) is 23.1 Å². The smallest absolute Gasteiger partial charge is 0.247 e. The third-order valence-electron chi connectivity index (χ3n) is 3.59. The molecule has 1 unspecified atom stereocenters. The molecule has 1 fully saturated rings. The molecule has 8 heteroatoms. The zero-order chi connectivity index (χ0) is 16.7. The van der Waals surface area contributed by atoms with Crippen LogP contribution < -0.4 is 4.72 Å². The quantitative estimate of drug-likeness (QED) is 0.839. The number of hydrogen-bond acceptors (Lipinski definition) is 4. The molecule has 0 radical (unpaired) electrons. The van der Waals surface area contributed by atoms with Crippen molar-refractivity contribution in [3.63, 3.8) is 0 Å². The zero-order valence-corrected chi connectivity index (χ0v) is 14.0. The number of hydrogen-bond donors (Lipinski definition) is 1. The van der Waals surface area contributed by atoms with Crippen molar-refractivity contribution in [2.24, 2.45) is 0 Å². The maximum Gasteiger partial charge on any atom is 0.247 e. The van der Waals surface area contributed by atoms with Crippen molar-refractivity contribution >= 4 is 33.4 Å². The molecule has 22 heavy (non-hydrogen) atoms. The van der Waals surface area contributed by atoms with E-state index in [1.54, 1.807) is 6.07 Å². The normalized spacial score (nSPS) is 19.3. The van der Waals surface area contributed by atoms with Gasteiger partial charge < -0.3 is 0 Å². The highest BCUT2D eigenvalue weighted by atomic mass is 35.5. The maximum atomic E-state index is 12.5. The summed E-state index contributed by atoms with van der Waals surface area (Å²) >= 11 is 5.98. The van der Waals surface area contributed by atoms with Crippen molar-refractivity contribution in [2.75, 3.05) is 7.05 Å². The molecule has 120 valence electrons. The first-order chi connectivity index (χ1) is 10.1. The lowest BCUT2D eigenvalue weighted by atomic mass is 10.0. The summed E-state index contributed by atoms with van der Waals surface area (Å²) in [7, 11) is -2.67. The number of likely N-dealkylation sites (N-methyl/N-ethyl adjacent to an activating group) is 1. The molecule has 1 saturated heterocycles. The highest BCUT2D eigenvalue weighted by molar-refractivity contribution is 7.89. The van der Waals surface area contributed by atoms with Crippen LogP contribution in [-0.4, -0.2) is 38.2 Å². The van der Waals surface area contributed by atoms with Gasteiger partial charge in [0, 0.05) is 7.05 Å². The van der Waals surface area contributed by atoms with Gasteiger partial charge in [-0.25, -0.2) is 8.42 Å². The lowest BCUT2D eigenvalue weighted by Crippen LogP contribution is -2.40. The Morgan fingerprint density at radius 2 is 1.95 bits per heavy atom. The van der Waals surface area contributed by atoms with Gasteiger partial charge in [-0.05, 0) is 23.6 Å². The van der Waals surface area contributed by atoms with Gasteiger partial charge in [0.15, 0.2) is 0 Å². The largest absolute Gasteiger partial charge is 0.284 e. The van der Waals surface area contributed by atoms with E-state index >= 15 is 0 Å². The number of sulfonamides is 1. The second kappa shape index (κ2) is 5.98. The summed E-state index contributed by atoms with van der Waals surface area (Å²) in [6, 6.07) is 3.67.